The third-order valence-corrected chi connectivity index (χ3v) is 9.61. The summed E-state index contributed by atoms with van der Waals surface area (Å²) in [5, 5.41) is 2.09. The molecular formula is C27H38N3O2S+. The van der Waals surface area contributed by atoms with E-state index >= 15 is 0 Å². The van der Waals surface area contributed by atoms with E-state index in [1.807, 2.05) is 12.4 Å². The van der Waals surface area contributed by atoms with Crippen molar-refractivity contribution in [2.75, 3.05) is 39.3 Å². The smallest absolute Gasteiger partial charge is 0.332 e. The Kier molecular flexibility index (Phi) is 6.86. The Balaban J connectivity index is 1.26. The van der Waals surface area contributed by atoms with E-state index in [1.54, 1.807) is 11.3 Å². The monoisotopic (exact) mass is 468 g/mol. The van der Waals surface area contributed by atoms with Crippen molar-refractivity contribution < 1.29 is 14.0 Å². The lowest BCUT2D eigenvalue weighted by Gasteiger charge is -2.52. The molecule has 6 heterocycles. The molecule has 2 bridgehead atoms. The number of aromatic nitrogens is 1. The molecule has 0 amide bonds. The van der Waals surface area contributed by atoms with Gasteiger partial charge in [0.05, 0.1) is 19.6 Å². The molecule has 1 unspecified atom stereocenters. The molecule has 0 saturated carbocycles. The van der Waals surface area contributed by atoms with E-state index in [4.69, 9.17) is 4.74 Å². The van der Waals surface area contributed by atoms with Gasteiger partial charge in [-0.15, -0.1) is 11.3 Å². The van der Waals surface area contributed by atoms with Gasteiger partial charge in [-0.25, -0.2) is 4.79 Å². The number of ether oxygens (including phenoxy) is 1. The predicted molar refractivity (Wildman–Crippen MR) is 132 cm³/mol. The summed E-state index contributed by atoms with van der Waals surface area (Å²) >= 11 is 1.69. The Labute approximate surface area is 202 Å². The van der Waals surface area contributed by atoms with E-state index in [9.17, 15) is 4.79 Å². The van der Waals surface area contributed by atoms with Crippen molar-refractivity contribution in [3.63, 3.8) is 0 Å². The minimum atomic E-state index is -0.660. The molecule has 5 nitrogen and oxygen atoms in total. The van der Waals surface area contributed by atoms with E-state index in [0.29, 0.717) is 5.92 Å². The highest BCUT2D eigenvalue weighted by atomic mass is 32.1. The minimum absolute atomic E-state index is 0.0273. The highest BCUT2D eigenvalue weighted by Gasteiger charge is 2.50. The summed E-state index contributed by atoms with van der Waals surface area (Å²) in [7, 11) is 0. The van der Waals surface area contributed by atoms with Gasteiger partial charge in [-0.05, 0) is 68.4 Å². The minimum Gasteiger partial charge on any atom is -0.454 e. The number of carbonyl (C=O) groups excluding carboxylic acids is 1. The number of likely N-dealkylation sites (tertiary alicyclic amines) is 1. The van der Waals surface area contributed by atoms with Gasteiger partial charge in [-0.2, -0.15) is 0 Å². The lowest BCUT2D eigenvalue weighted by molar-refractivity contribution is -0.946. The van der Waals surface area contributed by atoms with Gasteiger partial charge in [-0.3, -0.25) is 9.88 Å². The number of esters is 1. The van der Waals surface area contributed by atoms with Crippen molar-refractivity contribution in [2.24, 2.45) is 5.92 Å². The summed E-state index contributed by atoms with van der Waals surface area (Å²) in [5.41, 5.74) is 0.707. The third kappa shape index (κ3) is 4.75. The molecule has 2 aromatic heterocycles. The molecule has 6 heteroatoms. The second-order valence-electron chi connectivity index (χ2n) is 10.5. The molecular weight excluding hydrogens is 430 g/mol. The molecule has 33 heavy (non-hydrogen) atoms. The fourth-order valence-corrected chi connectivity index (χ4v) is 7.27. The van der Waals surface area contributed by atoms with Crippen LogP contribution < -0.4 is 0 Å². The number of aryl methyl sites for hydroxylation is 1. The molecule has 2 atom stereocenters. The second kappa shape index (κ2) is 9.85. The van der Waals surface area contributed by atoms with E-state index in [0.717, 1.165) is 48.3 Å². The van der Waals surface area contributed by atoms with Crippen LogP contribution in [0.25, 0.3) is 0 Å². The first-order valence-electron chi connectivity index (χ1n) is 12.8. The SMILES string of the molecule is CC(C(=O)O[C@@H]1C[N+]2(CCCc3ccncc3)CCC1CC2)(c1cccs1)N1CCCCC1. The maximum absolute atomic E-state index is 13.8. The van der Waals surface area contributed by atoms with Gasteiger partial charge < -0.3 is 9.22 Å². The number of hydrogen-bond acceptors (Lipinski definition) is 5. The average molecular weight is 469 g/mol. The van der Waals surface area contributed by atoms with Gasteiger partial charge in [0.1, 0.15) is 6.54 Å². The number of rotatable bonds is 8. The number of pyridine rings is 1. The Morgan fingerprint density at radius 2 is 1.94 bits per heavy atom. The van der Waals surface area contributed by atoms with Gasteiger partial charge in [-0.1, -0.05) is 12.5 Å². The van der Waals surface area contributed by atoms with Crippen molar-refractivity contribution in [2.45, 2.75) is 63.5 Å². The fraction of sp³-hybridized carbons (Fsp3) is 0.630. The molecule has 4 aliphatic rings. The number of thiophene rings is 1. The van der Waals surface area contributed by atoms with Crippen molar-refractivity contribution in [1.29, 1.82) is 0 Å². The van der Waals surface area contributed by atoms with Crippen molar-refractivity contribution in [3.8, 4) is 0 Å². The standard InChI is InChI=1S/C27H38N3O2S/c1-27(25-8-6-20-33-25,29-15-3-2-4-16-29)26(31)32-24-21-30(18-11-23(24)12-19-30)17-5-7-22-9-13-28-14-10-22/h6,8-10,13-14,20,23-24H,2-5,7,11-12,15-19,21H2,1H3/q+1/t23?,24-,27?,30?/m1/s1. The zero-order valence-corrected chi connectivity index (χ0v) is 20.8. The molecule has 0 aliphatic carbocycles. The largest absolute Gasteiger partial charge is 0.454 e. The first kappa shape index (κ1) is 23.0. The number of carbonyl (C=O) groups is 1. The number of hydrogen-bond donors (Lipinski definition) is 0. The molecule has 4 aliphatic heterocycles. The number of piperidine rings is 4. The van der Waals surface area contributed by atoms with Gasteiger partial charge in [0.2, 0.25) is 0 Å². The topological polar surface area (TPSA) is 42.4 Å². The third-order valence-electron chi connectivity index (χ3n) is 8.53. The molecule has 6 rings (SSSR count). The summed E-state index contributed by atoms with van der Waals surface area (Å²) in [4.78, 5) is 21.5. The Bertz CT molecular complexity index is 905. The first-order chi connectivity index (χ1) is 16.1. The molecule has 0 aromatic carbocycles. The fourth-order valence-electron chi connectivity index (χ4n) is 6.37. The zero-order valence-electron chi connectivity index (χ0n) is 20.0. The second-order valence-corrected chi connectivity index (χ2v) is 11.5. The Morgan fingerprint density at radius 1 is 1.18 bits per heavy atom. The summed E-state index contributed by atoms with van der Waals surface area (Å²) in [5.74, 6) is 0.503. The maximum atomic E-state index is 13.8. The van der Waals surface area contributed by atoms with E-state index in [2.05, 4.69) is 46.5 Å². The van der Waals surface area contributed by atoms with E-state index in [1.165, 1.54) is 50.9 Å². The first-order valence-corrected chi connectivity index (χ1v) is 13.7. The molecule has 4 fully saturated rings. The predicted octanol–water partition coefficient (Wildman–Crippen LogP) is 4.63. The number of quaternary nitrogens is 1. The normalized spacial score (nSPS) is 29.5. The zero-order chi connectivity index (χ0) is 22.7. The number of fused-ring (bicyclic) bond motifs is 3. The highest BCUT2D eigenvalue weighted by molar-refractivity contribution is 7.10. The lowest BCUT2D eigenvalue weighted by atomic mass is 9.82. The molecule has 2 aromatic rings. The Morgan fingerprint density at radius 3 is 2.64 bits per heavy atom. The molecule has 0 radical (unpaired) electrons. The number of nitrogens with zero attached hydrogens (tertiary/aromatic N) is 3. The summed E-state index contributed by atoms with van der Waals surface area (Å²) in [6, 6.07) is 8.43. The van der Waals surface area contributed by atoms with Crippen molar-refractivity contribution in [3.05, 3.63) is 52.5 Å². The molecule has 0 spiro atoms. The molecule has 4 saturated heterocycles. The van der Waals surface area contributed by atoms with Crippen LogP contribution >= 0.6 is 11.3 Å². The van der Waals surface area contributed by atoms with Gasteiger partial charge in [0, 0.05) is 42.5 Å². The van der Waals surface area contributed by atoms with Gasteiger partial charge >= 0.3 is 5.97 Å². The van der Waals surface area contributed by atoms with Crippen LogP contribution in [0.2, 0.25) is 0 Å². The maximum Gasteiger partial charge on any atom is 0.332 e. The van der Waals surface area contributed by atoms with Crippen LogP contribution in [0.1, 0.15) is 55.9 Å². The van der Waals surface area contributed by atoms with Crippen molar-refractivity contribution in [1.82, 2.24) is 9.88 Å². The van der Waals surface area contributed by atoms with Crippen LogP contribution in [0.4, 0.5) is 0 Å². The van der Waals surface area contributed by atoms with E-state index in [-0.39, 0.29) is 12.1 Å². The van der Waals surface area contributed by atoms with Crippen LogP contribution in [0.3, 0.4) is 0 Å². The van der Waals surface area contributed by atoms with Crippen LogP contribution in [-0.4, -0.2) is 65.7 Å². The van der Waals surface area contributed by atoms with Gasteiger partial charge in [0.15, 0.2) is 11.6 Å². The van der Waals surface area contributed by atoms with Crippen LogP contribution in [0, 0.1) is 5.92 Å². The molecule has 178 valence electrons. The van der Waals surface area contributed by atoms with Crippen molar-refractivity contribution >= 4 is 17.3 Å². The average Bonchev–Trinajstić information content (AvgIpc) is 3.41. The quantitative estimate of drug-likeness (QED) is 0.419. The highest BCUT2D eigenvalue weighted by Crippen LogP contribution is 2.40. The Hall–Kier alpha value is -1.76. The van der Waals surface area contributed by atoms with Crippen LogP contribution in [0.15, 0.2) is 42.0 Å². The van der Waals surface area contributed by atoms with Crippen LogP contribution in [0.5, 0.6) is 0 Å². The van der Waals surface area contributed by atoms with E-state index < -0.39 is 5.54 Å². The summed E-state index contributed by atoms with van der Waals surface area (Å²) in [6.07, 6.45) is 12.1. The summed E-state index contributed by atoms with van der Waals surface area (Å²) in [6.45, 7) is 8.71. The van der Waals surface area contributed by atoms with Gasteiger partial charge in [0.25, 0.3) is 0 Å². The lowest BCUT2D eigenvalue weighted by Crippen LogP contribution is -2.65. The van der Waals surface area contributed by atoms with Crippen LogP contribution in [-0.2, 0) is 21.5 Å². The summed E-state index contributed by atoms with van der Waals surface area (Å²) < 4.78 is 7.58. The molecule has 0 N–H and O–H groups in total.